The zero-order chi connectivity index (χ0) is 17.2. The number of hydrogen-bond acceptors (Lipinski definition) is 4. The molecule has 0 aromatic heterocycles. The molecule has 23 heavy (non-hydrogen) atoms. The van der Waals surface area contributed by atoms with Crippen LogP contribution in [0.15, 0.2) is 22.2 Å². The zero-order valence-electron chi connectivity index (χ0n) is 12.8. The summed E-state index contributed by atoms with van der Waals surface area (Å²) >= 11 is 26.8. The van der Waals surface area contributed by atoms with Crippen molar-refractivity contribution in [2.45, 2.75) is 15.5 Å². The summed E-state index contributed by atoms with van der Waals surface area (Å²) in [6.45, 7) is 0. The Morgan fingerprint density at radius 3 is 1.35 bits per heavy atom. The van der Waals surface area contributed by atoms with Crippen LogP contribution in [0.1, 0.15) is 11.1 Å². The van der Waals surface area contributed by atoms with Crippen molar-refractivity contribution in [2.24, 2.45) is 0 Å². The van der Waals surface area contributed by atoms with E-state index in [0.717, 1.165) is 0 Å². The lowest BCUT2D eigenvalue weighted by Crippen LogP contribution is -2.53. The zero-order valence-corrected chi connectivity index (χ0v) is 15.8. The van der Waals surface area contributed by atoms with Crippen LogP contribution in [0, 0.1) is 0 Å². The maximum Gasteiger partial charge on any atom is 0.226 e. The summed E-state index contributed by atoms with van der Waals surface area (Å²) in [5.41, 5.74) is 1.04. The predicted octanol–water partition coefficient (Wildman–Crippen LogP) is 4.28. The number of benzene rings is 1. The molecule has 0 fully saturated rings. The SMILES string of the molecule is COc1ccc(OC)c2c1[C@@]1(Cl)C(Cl)=C(Cl)[C@@]2(Cl)C1(OC)OC. The minimum atomic E-state index is -1.55. The van der Waals surface area contributed by atoms with Gasteiger partial charge in [-0.3, -0.25) is 0 Å². The summed E-state index contributed by atoms with van der Waals surface area (Å²) in [7, 11) is 5.91. The van der Waals surface area contributed by atoms with Gasteiger partial charge in [-0.25, -0.2) is 0 Å². The molecule has 126 valence electrons. The fourth-order valence-corrected chi connectivity index (χ4v) is 5.63. The fraction of sp³-hybridized carbons (Fsp3) is 0.467. The summed E-state index contributed by atoms with van der Waals surface area (Å²) < 4.78 is 22.2. The summed E-state index contributed by atoms with van der Waals surface area (Å²) in [6.07, 6.45) is 0. The number of halogens is 4. The average molecular weight is 400 g/mol. The maximum absolute atomic E-state index is 6.95. The van der Waals surface area contributed by atoms with Crippen molar-refractivity contribution in [3.05, 3.63) is 33.3 Å². The molecule has 3 rings (SSSR count). The summed E-state index contributed by atoms with van der Waals surface area (Å²) in [4.78, 5) is -2.93. The third kappa shape index (κ3) is 1.58. The molecule has 1 aromatic rings. The van der Waals surface area contributed by atoms with Crippen LogP contribution in [0.2, 0.25) is 0 Å². The first-order valence-corrected chi connectivity index (χ1v) is 8.13. The van der Waals surface area contributed by atoms with Crippen molar-refractivity contribution in [3.8, 4) is 11.5 Å². The largest absolute Gasteiger partial charge is 0.496 e. The normalized spacial score (nSPS) is 30.6. The molecule has 0 N–H and O–H groups in total. The quantitative estimate of drug-likeness (QED) is 0.559. The first kappa shape index (κ1) is 17.5. The van der Waals surface area contributed by atoms with Gasteiger partial charge in [-0.2, -0.15) is 0 Å². The van der Waals surface area contributed by atoms with E-state index >= 15 is 0 Å². The third-order valence-electron chi connectivity index (χ3n) is 4.54. The number of alkyl halides is 2. The van der Waals surface area contributed by atoms with Gasteiger partial charge in [0.15, 0.2) is 9.75 Å². The van der Waals surface area contributed by atoms with Crippen LogP contribution >= 0.6 is 46.4 Å². The van der Waals surface area contributed by atoms with E-state index in [9.17, 15) is 0 Å². The molecule has 0 unspecified atom stereocenters. The van der Waals surface area contributed by atoms with Gasteiger partial charge in [-0.15, -0.1) is 23.2 Å². The van der Waals surface area contributed by atoms with E-state index < -0.39 is 15.5 Å². The van der Waals surface area contributed by atoms with Crippen molar-refractivity contribution in [2.75, 3.05) is 28.4 Å². The fourth-order valence-electron chi connectivity index (χ4n) is 3.61. The van der Waals surface area contributed by atoms with E-state index in [1.54, 1.807) is 12.1 Å². The molecule has 0 aliphatic heterocycles. The van der Waals surface area contributed by atoms with Crippen LogP contribution in [-0.2, 0) is 19.2 Å². The highest BCUT2D eigenvalue weighted by molar-refractivity contribution is 6.52. The monoisotopic (exact) mass is 398 g/mol. The maximum atomic E-state index is 6.95. The van der Waals surface area contributed by atoms with Crippen LogP contribution in [-0.4, -0.2) is 34.2 Å². The number of fused-ring (bicyclic) bond motifs is 5. The number of ether oxygens (including phenoxy) is 4. The minimum absolute atomic E-state index is 0.138. The molecule has 0 spiro atoms. The lowest BCUT2D eigenvalue weighted by Gasteiger charge is -2.40. The minimum Gasteiger partial charge on any atom is -0.496 e. The van der Waals surface area contributed by atoms with E-state index in [4.69, 9.17) is 65.4 Å². The van der Waals surface area contributed by atoms with Gasteiger partial charge < -0.3 is 18.9 Å². The van der Waals surface area contributed by atoms with E-state index in [-0.39, 0.29) is 10.1 Å². The van der Waals surface area contributed by atoms with E-state index in [1.807, 2.05) is 0 Å². The van der Waals surface area contributed by atoms with Gasteiger partial charge in [-0.1, -0.05) is 23.2 Å². The van der Waals surface area contributed by atoms with E-state index in [1.165, 1.54) is 28.4 Å². The highest BCUT2D eigenvalue weighted by Crippen LogP contribution is 2.77. The van der Waals surface area contributed by atoms with Crippen molar-refractivity contribution >= 4 is 46.4 Å². The van der Waals surface area contributed by atoms with Gasteiger partial charge >= 0.3 is 0 Å². The van der Waals surface area contributed by atoms with Crippen LogP contribution in [0.5, 0.6) is 11.5 Å². The third-order valence-corrected chi connectivity index (χ3v) is 7.03. The molecular formula is C15H14Cl4O4. The molecule has 2 atom stereocenters. The van der Waals surface area contributed by atoms with Crippen LogP contribution < -0.4 is 9.47 Å². The Kier molecular flexibility index (Phi) is 4.04. The van der Waals surface area contributed by atoms with Crippen LogP contribution in [0.4, 0.5) is 0 Å². The summed E-state index contributed by atoms with van der Waals surface area (Å²) in [5, 5.41) is 0.275. The Bertz CT molecular complexity index is 661. The summed E-state index contributed by atoms with van der Waals surface area (Å²) in [6, 6.07) is 3.44. The molecular weight excluding hydrogens is 386 g/mol. The van der Waals surface area contributed by atoms with Gasteiger partial charge in [0, 0.05) is 25.3 Å². The standard InChI is InChI=1S/C15H14Cl4O4/c1-20-7-5-6-8(21-2)10-9(7)13(18)11(16)12(17)14(10,19)15(13,22-3)23-4/h5-6H,1-4H3/t13-,14-/m1/s1. The first-order chi connectivity index (χ1) is 10.8. The Morgan fingerprint density at radius 1 is 0.739 bits per heavy atom. The molecule has 4 nitrogen and oxygen atoms in total. The topological polar surface area (TPSA) is 36.9 Å². The highest BCUT2D eigenvalue weighted by atomic mass is 35.5. The number of methoxy groups -OCH3 is 4. The molecule has 0 saturated heterocycles. The van der Waals surface area contributed by atoms with Gasteiger partial charge in [0.2, 0.25) is 5.79 Å². The highest BCUT2D eigenvalue weighted by Gasteiger charge is 2.81. The predicted molar refractivity (Wildman–Crippen MR) is 90.1 cm³/mol. The smallest absolute Gasteiger partial charge is 0.226 e. The molecule has 2 aliphatic rings. The van der Waals surface area contributed by atoms with Gasteiger partial charge in [0.1, 0.15) is 11.5 Å². The molecule has 0 amide bonds. The molecule has 0 saturated carbocycles. The first-order valence-electron chi connectivity index (χ1n) is 6.62. The number of hydrogen-bond donors (Lipinski definition) is 0. The van der Waals surface area contributed by atoms with Crippen molar-refractivity contribution in [1.29, 1.82) is 0 Å². The second kappa shape index (κ2) is 5.32. The van der Waals surface area contributed by atoms with E-state index in [2.05, 4.69) is 0 Å². The summed E-state index contributed by atoms with van der Waals surface area (Å²) in [5.74, 6) is -0.583. The lowest BCUT2D eigenvalue weighted by atomic mass is 9.93. The second-order valence-corrected chi connectivity index (χ2v) is 7.08. The Morgan fingerprint density at radius 2 is 1.09 bits per heavy atom. The lowest BCUT2D eigenvalue weighted by molar-refractivity contribution is -0.228. The molecule has 0 heterocycles. The van der Waals surface area contributed by atoms with Crippen molar-refractivity contribution < 1.29 is 18.9 Å². The van der Waals surface area contributed by atoms with Crippen molar-refractivity contribution in [1.82, 2.24) is 0 Å². The molecule has 1 aromatic carbocycles. The molecule has 0 radical (unpaired) electrons. The Hall–Kier alpha value is -0.360. The van der Waals surface area contributed by atoms with Gasteiger partial charge in [0.05, 0.1) is 24.3 Å². The van der Waals surface area contributed by atoms with Crippen LogP contribution in [0.3, 0.4) is 0 Å². The van der Waals surface area contributed by atoms with Crippen LogP contribution in [0.25, 0.3) is 0 Å². The Labute approximate surface area is 154 Å². The average Bonchev–Trinajstić information content (AvgIpc) is 2.83. The number of rotatable bonds is 4. The second-order valence-electron chi connectivity index (χ2n) is 5.19. The molecule has 2 aliphatic carbocycles. The Balaban J connectivity index is 2.52. The van der Waals surface area contributed by atoms with E-state index in [0.29, 0.717) is 22.6 Å². The molecule has 8 heteroatoms. The molecule has 2 bridgehead atoms. The van der Waals surface area contributed by atoms with Gasteiger partial charge in [0.25, 0.3) is 0 Å². The van der Waals surface area contributed by atoms with Crippen molar-refractivity contribution in [3.63, 3.8) is 0 Å². The van der Waals surface area contributed by atoms with Gasteiger partial charge in [-0.05, 0) is 12.1 Å².